The molecule has 4 rings (SSSR count). The van der Waals surface area contributed by atoms with Crippen LogP contribution in [0.5, 0.6) is 0 Å². The van der Waals surface area contributed by atoms with Gasteiger partial charge in [-0.3, -0.25) is 0 Å². The Hall–Kier alpha value is -3.12. The third kappa shape index (κ3) is 5.07. The fourth-order valence-corrected chi connectivity index (χ4v) is 4.15. The van der Waals surface area contributed by atoms with Gasteiger partial charge < -0.3 is 0 Å². The van der Waals surface area contributed by atoms with Gasteiger partial charge in [0.25, 0.3) is 0 Å². The van der Waals surface area contributed by atoms with Crippen LogP contribution in [0.4, 0.5) is 0 Å². The van der Waals surface area contributed by atoms with Crippen LogP contribution < -0.4 is 0 Å². The highest BCUT2D eigenvalue weighted by Gasteiger charge is 2.22. The molecule has 0 heteroatoms. The Bertz CT molecular complexity index is 1010. The average molecular weight is 391 g/mol. The van der Waals surface area contributed by atoms with Gasteiger partial charge in [-0.05, 0) is 72.1 Å². The molecule has 0 bridgehead atoms. The molecule has 0 spiro atoms. The van der Waals surface area contributed by atoms with Crippen LogP contribution in [-0.4, -0.2) is 0 Å². The lowest BCUT2D eigenvalue weighted by Gasteiger charge is -2.27. The molecule has 1 aliphatic carbocycles. The van der Waals surface area contributed by atoms with E-state index in [9.17, 15) is 0 Å². The predicted octanol–water partition coefficient (Wildman–Crippen LogP) is 8.28. The summed E-state index contributed by atoms with van der Waals surface area (Å²) in [5.74, 6) is 0.631. The first-order valence-corrected chi connectivity index (χ1v) is 10.9. The fraction of sp³-hybridized carbons (Fsp3) is 0.200. The van der Waals surface area contributed by atoms with Crippen molar-refractivity contribution < 1.29 is 0 Å². The van der Waals surface area contributed by atoms with E-state index in [1.165, 1.54) is 44.5 Å². The van der Waals surface area contributed by atoms with Gasteiger partial charge in [-0.1, -0.05) is 109 Å². The highest BCUT2D eigenvalue weighted by molar-refractivity contribution is 5.76. The maximum absolute atomic E-state index is 2.38. The Morgan fingerprint density at radius 2 is 1.00 bits per heavy atom. The van der Waals surface area contributed by atoms with Crippen molar-refractivity contribution in [1.82, 2.24) is 0 Å². The number of benzene rings is 3. The summed E-state index contributed by atoms with van der Waals surface area (Å²) >= 11 is 0. The predicted molar refractivity (Wildman–Crippen MR) is 131 cm³/mol. The molecule has 1 atom stereocenters. The maximum atomic E-state index is 2.38. The molecular weight excluding hydrogens is 360 g/mol. The first kappa shape index (κ1) is 20.2. The van der Waals surface area contributed by atoms with Crippen LogP contribution in [0.25, 0.3) is 18.2 Å². The molecular formula is C30H30. The lowest BCUT2D eigenvalue weighted by atomic mass is 9.77. The second-order valence-corrected chi connectivity index (χ2v) is 8.64. The minimum absolute atomic E-state index is 0.631. The molecule has 1 saturated carbocycles. The van der Waals surface area contributed by atoms with Gasteiger partial charge in [0.2, 0.25) is 0 Å². The van der Waals surface area contributed by atoms with Gasteiger partial charge in [0.15, 0.2) is 0 Å². The molecule has 3 aromatic carbocycles. The number of hydrogen-bond donors (Lipinski definition) is 0. The Morgan fingerprint density at radius 3 is 1.47 bits per heavy atom. The van der Waals surface area contributed by atoms with E-state index < -0.39 is 0 Å². The SMILES string of the molecule is Cc1ccc(/C=C2/CC(C)C/C(=C\c3ccc(C)cc3)C2=Cc2ccccc2)cc1. The second kappa shape index (κ2) is 9.13. The van der Waals surface area contributed by atoms with Crippen LogP contribution in [-0.2, 0) is 0 Å². The van der Waals surface area contributed by atoms with Crippen molar-refractivity contribution in [1.29, 1.82) is 0 Å². The normalized spacial score (nSPS) is 20.8. The summed E-state index contributed by atoms with van der Waals surface area (Å²) in [4.78, 5) is 0. The molecule has 0 N–H and O–H groups in total. The van der Waals surface area contributed by atoms with Crippen molar-refractivity contribution in [2.24, 2.45) is 5.92 Å². The van der Waals surface area contributed by atoms with Crippen molar-refractivity contribution >= 4 is 18.2 Å². The highest BCUT2D eigenvalue weighted by atomic mass is 14.3. The van der Waals surface area contributed by atoms with Crippen LogP contribution in [0.15, 0.2) is 95.6 Å². The Kier molecular flexibility index (Phi) is 6.14. The lowest BCUT2D eigenvalue weighted by molar-refractivity contribution is 0.558. The third-order valence-corrected chi connectivity index (χ3v) is 5.78. The maximum Gasteiger partial charge on any atom is -0.0186 e. The summed E-state index contributed by atoms with van der Waals surface area (Å²) in [6.45, 7) is 6.65. The molecule has 0 amide bonds. The average Bonchev–Trinajstić information content (AvgIpc) is 2.74. The molecule has 30 heavy (non-hydrogen) atoms. The van der Waals surface area contributed by atoms with Gasteiger partial charge in [-0.15, -0.1) is 0 Å². The van der Waals surface area contributed by atoms with Crippen molar-refractivity contribution in [2.45, 2.75) is 33.6 Å². The lowest BCUT2D eigenvalue weighted by Crippen LogP contribution is -2.11. The fourth-order valence-electron chi connectivity index (χ4n) is 4.15. The van der Waals surface area contributed by atoms with Gasteiger partial charge >= 0.3 is 0 Å². The molecule has 3 aromatic rings. The molecule has 150 valence electrons. The van der Waals surface area contributed by atoms with Crippen LogP contribution in [0.1, 0.15) is 47.6 Å². The van der Waals surface area contributed by atoms with Crippen molar-refractivity contribution in [3.8, 4) is 0 Å². The Balaban J connectivity index is 1.82. The van der Waals surface area contributed by atoms with E-state index in [1.807, 2.05) is 0 Å². The van der Waals surface area contributed by atoms with Gasteiger partial charge in [-0.25, -0.2) is 0 Å². The first-order chi connectivity index (χ1) is 14.6. The monoisotopic (exact) mass is 390 g/mol. The summed E-state index contributed by atoms with van der Waals surface area (Å²) in [6.07, 6.45) is 9.35. The van der Waals surface area contributed by atoms with E-state index in [1.54, 1.807) is 0 Å². The van der Waals surface area contributed by atoms with Gasteiger partial charge in [0, 0.05) is 0 Å². The Morgan fingerprint density at radius 1 is 0.567 bits per heavy atom. The zero-order valence-electron chi connectivity index (χ0n) is 18.2. The minimum atomic E-state index is 0.631. The first-order valence-electron chi connectivity index (χ1n) is 10.9. The number of allylic oxidation sites excluding steroid dienone is 3. The molecule has 0 heterocycles. The van der Waals surface area contributed by atoms with Crippen LogP contribution in [0, 0.1) is 19.8 Å². The van der Waals surface area contributed by atoms with E-state index in [0.29, 0.717) is 5.92 Å². The molecule has 0 aromatic heterocycles. The molecule has 1 unspecified atom stereocenters. The minimum Gasteiger partial charge on any atom is -0.0622 e. The molecule has 1 fully saturated rings. The number of hydrogen-bond acceptors (Lipinski definition) is 0. The van der Waals surface area contributed by atoms with Gasteiger partial charge in [0.1, 0.15) is 0 Å². The van der Waals surface area contributed by atoms with E-state index in [2.05, 4.69) is 118 Å². The summed E-state index contributed by atoms with van der Waals surface area (Å²) in [6, 6.07) is 28.4. The molecule has 0 saturated heterocycles. The van der Waals surface area contributed by atoms with Crippen LogP contribution in [0.3, 0.4) is 0 Å². The quantitative estimate of drug-likeness (QED) is 0.422. The van der Waals surface area contributed by atoms with Gasteiger partial charge in [0.05, 0.1) is 0 Å². The smallest absolute Gasteiger partial charge is 0.0186 e. The van der Waals surface area contributed by atoms with Crippen LogP contribution in [0.2, 0.25) is 0 Å². The zero-order valence-corrected chi connectivity index (χ0v) is 18.2. The van der Waals surface area contributed by atoms with Gasteiger partial charge in [-0.2, -0.15) is 0 Å². The standard InChI is InChI=1S/C30H30/c1-22-9-13-26(14-10-22)19-28-17-24(3)18-29(20-27-15-11-23(2)12-16-27)30(28)21-25-7-5-4-6-8-25/h4-16,19-21,24H,17-18H2,1-3H3/b28-19-,29-20+,30-21?. The van der Waals surface area contributed by atoms with Crippen molar-refractivity contribution in [3.63, 3.8) is 0 Å². The Labute approximate surface area is 181 Å². The second-order valence-electron chi connectivity index (χ2n) is 8.64. The molecule has 0 nitrogen and oxygen atoms in total. The summed E-state index contributed by atoms with van der Waals surface area (Å²) < 4.78 is 0. The number of aryl methyl sites for hydroxylation is 2. The van der Waals surface area contributed by atoms with E-state index in [4.69, 9.17) is 0 Å². The third-order valence-electron chi connectivity index (χ3n) is 5.78. The van der Waals surface area contributed by atoms with Crippen molar-refractivity contribution in [2.75, 3.05) is 0 Å². The van der Waals surface area contributed by atoms with E-state index >= 15 is 0 Å². The largest absolute Gasteiger partial charge is 0.0622 e. The topological polar surface area (TPSA) is 0 Å². The van der Waals surface area contributed by atoms with Crippen LogP contribution >= 0.6 is 0 Å². The zero-order chi connectivity index (χ0) is 20.9. The molecule has 0 radical (unpaired) electrons. The van der Waals surface area contributed by atoms with E-state index in [-0.39, 0.29) is 0 Å². The molecule has 0 aliphatic heterocycles. The van der Waals surface area contributed by atoms with E-state index in [0.717, 1.165) is 12.8 Å². The summed E-state index contributed by atoms with van der Waals surface area (Å²) in [5, 5.41) is 0. The molecule has 1 aliphatic rings. The summed E-state index contributed by atoms with van der Waals surface area (Å²) in [7, 11) is 0. The highest BCUT2D eigenvalue weighted by Crippen LogP contribution is 2.40. The summed E-state index contributed by atoms with van der Waals surface area (Å²) in [5.41, 5.74) is 10.6. The number of rotatable bonds is 3. The van der Waals surface area contributed by atoms with Crippen molar-refractivity contribution in [3.05, 3.63) is 123 Å².